The van der Waals surface area contributed by atoms with Crippen LogP contribution in [0.25, 0.3) is 4.85 Å². The van der Waals surface area contributed by atoms with Crippen LogP contribution in [0.4, 0.5) is 0 Å². The molecule has 4 nitrogen and oxygen atoms in total. The number of carboxylic acids is 1. The van der Waals surface area contributed by atoms with Crippen LogP contribution in [0.15, 0.2) is 42.2 Å². The van der Waals surface area contributed by atoms with Crippen molar-refractivity contribution in [2.45, 2.75) is 13.3 Å². The summed E-state index contributed by atoms with van der Waals surface area (Å²) in [4.78, 5) is 14.5. The van der Waals surface area contributed by atoms with Crippen molar-refractivity contribution in [1.29, 1.82) is 0 Å². The Kier molecular flexibility index (Phi) is 5.32. The van der Waals surface area contributed by atoms with Gasteiger partial charge >= 0.3 is 6.07 Å². The molecule has 0 N–H and O–H groups in total. The second-order valence-corrected chi connectivity index (χ2v) is 3.24. The van der Waals surface area contributed by atoms with Crippen molar-refractivity contribution in [2.24, 2.45) is 0 Å². The second-order valence-electron chi connectivity index (χ2n) is 3.24. The molecule has 0 aliphatic rings. The van der Waals surface area contributed by atoms with Crippen molar-refractivity contribution in [2.75, 3.05) is 6.54 Å². The Balaban J connectivity index is 2.72. The smallest absolute Gasteiger partial charge is 0.316 e. The number of aliphatic carboxylic acids is 1. The standard InChI is InChI=1S/C13H13NO3/c1-2-8-14-9-11(13(15)16)10-17-12-6-4-3-5-7-12/h3-7,10H,2,8H2,1H3. The van der Waals surface area contributed by atoms with Crippen molar-refractivity contribution >= 4 is 5.97 Å². The highest BCUT2D eigenvalue weighted by molar-refractivity contribution is 5.89. The van der Waals surface area contributed by atoms with E-state index in [2.05, 4.69) is 10.9 Å². The Hall–Kier alpha value is -2.28. The van der Waals surface area contributed by atoms with Crippen LogP contribution in [0, 0.1) is 6.07 Å². The van der Waals surface area contributed by atoms with Crippen molar-refractivity contribution in [1.82, 2.24) is 0 Å². The molecular formula is C13H13NO3. The van der Waals surface area contributed by atoms with Gasteiger partial charge in [0.1, 0.15) is 12.0 Å². The average molecular weight is 231 g/mol. The zero-order valence-electron chi connectivity index (χ0n) is 9.55. The number of carbonyl (C=O) groups excluding carboxylic acids is 1. The fourth-order valence-electron chi connectivity index (χ4n) is 0.999. The van der Waals surface area contributed by atoms with E-state index < -0.39 is 5.97 Å². The number of hydrogen-bond acceptors (Lipinski definition) is 3. The number of para-hydroxylation sites is 1. The van der Waals surface area contributed by atoms with Gasteiger partial charge in [0.05, 0.1) is 5.97 Å². The van der Waals surface area contributed by atoms with Gasteiger partial charge in [-0.1, -0.05) is 30.0 Å². The molecule has 0 fully saturated rings. The molecule has 0 aliphatic heterocycles. The lowest BCUT2D eigenvalue weighted by molar-refractivity contribution is -0.298. The molecule has 0 aliphatic carbocycles. The molecule has 17 heavy (non-hydrogen) atoms. The highest BCUT2D eigenvalue weighted by Gasteiger charge is 2.02. The molecule has 1 aromatic rings. The van der Waals surface area contributed by atoms with Crippen LogP contribution in [0.3, 0.4) is 0 Å². The Morgan fingerprint density at radius 1 is 1.47 bits per heavy atom. The third-order valence-electron chi connectivity index (χ3n) is 1.81. The summed E-state index contributed by atoms with van der Waals surface area (Å²) in [6.45, 7) is 2.46. The summed E-state index contributed by atoms with van der Waals surface area (Å²) in [7, 11) is 0. The molecule has 0 heterocycles. The van der Waals surface area contributed by atoms with Crippen LogP contribution in [0.1, 0.15) is 13.3 Å². The van der Waals surface area contributed by atoms with Gasteiger partial charge in [-0.15, -0.1) is 0 Å². The zero-order valence-corrected chi connectivity index (χ0v) is 9.55. The number of ether oxygens (including phenoxy) is 1. The predicted molar refractivity (Wildman–Crippen MR) is 62.6 cm³/mol. The van der Waals surface area contributed by atoms with Crippen LogP contribution in [-0.2, 0) is 4.79 Å². The van der Waals surface area contributed by atoms with Gasteiger partial charge in [0, 0.05) is 6.42 Å². The monoisotopic (exact) mass is 231 g/mol. The van der Waals surface area contributed by atoms with Gasteiger partial charge in [-0.2, -0.15) is 0 Å². The lowest BCUT2D eigenvalue weighted by Gasteiger charge is -2.00. The first-order valence-corrected chi connectivity index (χ1v) is 5.29. The lowest BCUT2D eigenvalue weighted by atomic mass is 10.3. The van der Waals surface area contributed by atoms with Gasteiger partial charge in [-0.3, -0.25) is 0 Å². The minimum absolute atomic E-state index is 0.206. The molecular weight excluding hydrogens is 218 g/mol. The first-order valence-electron chi connectivity index (χ1n) is 5.29. The number of benzene rings is 1. The summed E-state index contributed by atoms with van der Waals surface area (Å²) in [5.74, 6) is -0.815. The van der Waals surface area contributed by atoms with E-state index in [1.165, 1.54) is 0 Å². The van der Waals surface area contributed by atoms with Crippen molar-refractivity contribution in [3.05, 3.63) is 47.0 Å². The first-order chi connectivity index (χ1) is 8.24. The van der Waals surface area contributed by atoms with E-state index in [1.807, 2.05) is 13.0 Å². The van der Waals surface area contributed by atoms with E-state index in [0.717, 1.165) is 12.7 Å². The van der Waals surface area contributed by atoms with Gasteiger partial charge in [-0.25, -0.2) is 0 Å². The van der Waals surface area contributed by atoms with Gasteiger partial charge in [-0.05, 0) is 12.1 Å². The highest BCUT2D eigenvalue weighted by atomic mass is 16.5. The van der Waals surface area contributed by atoms with Crippen LogP contribution >= 0.6 is 0 Å². The second kappa shape index (κ2) is 7.07. The maximum atomic E-state index is 10.7. The molecule has 4 heteroatoms. The highest BCUT2D eigenvalue weighted by Crippen LogP contribution is 2.09. The summed E-state index contributed by atoms with van der Waals surface area (Å²) >= 11 is 0. The van der Waals surface area contributed by atoms with Crippen LogP contribution in [0.5, 0.6) is 5.75 Å². The average Bonchev–Trinajstić information content (AvgIpc) is 2.34. The van der Waals surface area contributed by atoms with Crippen molar-refractivity contribution < 1.29 is 14.6 Å². The van der Waals surface area contributed by atoms with Gasteiger partial charge in [0.25, 0.3) is 6.54 Å². The molecule has 0 aromatic heterocycles. The largest absolute Gasteiger partial charge is 0.544 e. The maximum absolute atomic E-state index is 10.7. The van der Waals surface area contributed by atoms with E-state index in [-0.39, 0.29) is 5.57 Å². The molecule has 0 saturated heterocycles. The maximum Gasteiger partial charge on any atom is 0.316 e. The van der Waals surface area contributed by atoms with E-state index in [4.69, 9.17) is 4.74 Å². The third-order valence-corrected chi connectivity index (χ3v) is 1.81. The van der Waals surface area contributed by atoms with E-state index >= 15 is 0 Å². The number of carboxylic acid groups (broad SMARTS) is 1. The lowest BCUT2D eigenvalue weighted by Crippen LogP contribution is -2.24. The summed E-state index contributed by atoms with van der Waals surface area (Å²) in [5, 5.41) is 10.7. The Morgan fingerprint density at radius 2 is 2.18 bits per heavy atom. The SMILES string of the molecule is CCC[N+]#CC(=COc1ccccc1)C(=O)[O-]. The third kappa shape index (κ3) is 4.85. The normalized spacial score (nSPS) is 10.3. The molecule has 0 spiro atoms. The van der Waals surface area contributed by atoms with Crippen molar-refractivity contribution in [3.63, 3.8) is 0 Å². The molecule has 0 atom stereocenters. The summed E-state index contributed by atoms with van der Waals surface area (Å²) in [5.41, 5.74) is -0.206. The number of carbonyl (C=O) groups is 1. The summed E-state index contributed by atoms with van der Waals surface area (Å²) < 4.78 is 5.15. The summed E-state index contributed by atoms with van der Waals surface area (Å²) in [6, 6.07) is 11.2. The fraction of sp³-hybridized carbons (Fsp3) is 0.231. The number of hydrogen-bond donors (Lipinski definition) is 0. The van der Waals surface area contributed by atoms with Gasteiger partial charge in [0.2, 0.25) is 0 Å². The predicted octanol–water partition coefficient (Wildman–Crippen LogP) is 1.44. The van der Waals surface area contributed by atoms with Crippen LogP contribution in [0.2, 0.25) is 0 Å². The zero-order chi connectivity index (χ0) is 12.5. The van der Waals surface area contributed by atoms with Crippen molar-refractivity contribution in [3.8, 4) is 11.8 Å². The van der Waals surface area contributed by atoms with E-state index in [1.54, 1.807) is 24.3 Å². The molecule has 1 aromatic carbocycles. The molecule has 0 unspecified atom stereocenters. The molecule has 0 bridgehead atoms. The minimum atomic E-state index is -1.36. The number of nitrogens with zero attached hydrogens (tertiary/aromatic N) is 1. The Labute approximate surface area is 100.0 Å². The quantitative estimate of drug-likeness (QED) is 0.447. The molecule has 88 valence electrons. The van der Waals surface area contributed by atoms with Gasteiger partial charge < -0.3 is 14.6 Å². The topological polar surface area (TPSA) is 53.7 Å². The molecule has 1 rings (SSSR count). The Bertz CT molecular complexity index is 455. The molecule has 0 radical (unpaired) electrons. The molecule has 0 saturated carbocycles. The molecule has 0 amide bonds. The first kappa shape index (κ1) is 12.8. The van der Waals surface area contributed by atoms with Crippen LogP contribution < -0.4 is 9.84 Å². The van der Waals surface area contributed by atoms with Crippen LogP contribution in [-0.4, -0.2) is 12.5 Å². The Morgan fingerprint density at radius 3 is 2.76 bits per heavy atom. The van der Waals surface area contributed by atoms with E-state index in [9.17, 15) is 9.90 Å². The summed E-state index contributed by atoms with van der Waals surface area (Å²) in [6.07, 6.45) is 1.90. The number of rotatable bonds is 4. The van der Waals surface area contributed by atoms with Gasteiger partial charge in [0.15, 0.2) is 5.57 Å². The fourth-order valence-corrected chi connectivity index (χ4v) is 0.999. The van der Waals surface area contributed by atoms with E-state index in [0.29, 0.717) is 12.3 Å². The minimum Gasteiger partial charge on any atom is -0.544 e.